The molecule has 0 aliphatic heterocycles. The highest BCUT2D eigenvalue weighted by atomic mass is 32.2. The van der Waals surface area contributed by atoms with Gasteiger partial charge in [0.2, 0.25) is 10.0 Å². The number of nitrogens with two attached hydrogens (primary N) is 1. The van der Waals surface area contributed by atoms with E-state index in [1.165, 1.54) is 38.2 Å². The molecule has 0 radical (unpaired) electrons. The van der Waals surface area contributed by atoms with Crippen molar-refractivity contribution >= 4 is 27.5 Å². The minimum absolute atomic E-state index is 0.0794. The Morgan fingerprint density at radius 2 is 2.05 bits per heavy atom. The Labute approximate surface area is 122 Å². The number of rotatable bonds is 4. The van der Waals surface area contributed by atoms with Crippen molar-refractivity contribution in [1.82, 2.24) is 9.29 Å². The fraction of sp³-hybridized carbons (Fsp3) is 0.250. The lowest BCUT2D eigenvalue weighted by Gasteiger charge is -2.14. The highest BCUT2D eigenvalue weighted by Crippen LogP contribution is 2.35. The summed E-state index contributed by atoms with van der Waals surface area (Å²) in [5.74, 6) is 0. The predicted octanol–water partition coefficient (Wildman–Crippen LogP) is 1.97. The van der Waals surface area contributed by atoms with Gasteiger partial charge in [0.05, 0.1) is 11.4 Å². The van der Waals surface area contributed by atoms with Crippen LogP contribution in [0.2, 0.25) is 0 Å². The van der Waals surface area contributed by atoms with Crippen molar-refractivity contribution in [2.24, 2.45) is 0 Å². The first-order chi connectivity index (χ1) is 9.32. The number of nitrogens with zero attached hydrogens (tertiary/aromatic N) is 2. The third kappa shape index (κ3) is 2.82. The second kappa shape index (κ2) is 5.47. The first kappa shape index (κ1) is 14.9. The molecule has 108 valence electrons. The van der Waals surface area contributed by atoms with Crippen molar-refractivity contribution in [2.45, 2.75) is 21.9 Å². The Balaban J connectivity index is 2.42. The van der Waals surface area contributed by atoms with E-state index in [9.17, 15) is 8.42 Å². The zero-order valence-electron chi connectivity index (χ0n) is 11.3. The van der Waals surface area contributed by atoms with Crippen molar-refractivity contribution in [1.29, 1.82) is 0 Å². The largest absolute Gasteiger partial charge is 0.439 e. The van der Waals surface area contributed by atoms with Gasteiger partial charge in [0.1, 0.15) is 11.2 Å². The van der Waals surface area contributed by atoms with E-state index in [4.69, 9.17) is 10.2 Å². The summed E-state index contributed by atoms with van der Waals surface area (Å²) in [5.41, 5.74) is 6.92. The van der Waals surface area contributed by atoms with Crippen LogP contribution < -0.4 is 5.73 Å². The van der Waals surface area contributed by atoms with E-state index < -0.39 is 10.0 Å². The smallest absolute Gasteiger partial charge is 0.260 e. The van der Waals surface area contributed by atoms with Gasteiger partial charge in [-0.25, -0.2) is 17.7 Å². The molecule has 0 bridgehead atoms. The van der Waals surface area contributed by atoms with Gasteiger partial charge in [0.25, 0.3) is 5.22 Å². The van der Waals surface area contributed by atoms with E-state index in [1.54, 1.807) is 12.1 Å². The Bertz CT molecular complexity index is 723. The number of hydrogen-bond acceptors (Lipinski definition) is 6. The van der Waals surface area contributed by atoms with Crippen LogP contribution in [-0.2, 0) is 10.0 Å². The number of aromatic nitrogens is 1. The molecule has 6 nitrogen and oxygen atoms in total. The summed E-state index contributed by atoms with van der Waals surface area (Å²) in [6.07, 6.45) is 1.53. The van der Waals surface area contributed by atoms with E-state index in [2.05, 4.69) is 4.98 Å². The molecule has 8 heteroatoms. The van der Waals surface area contributed by atoms with Crippen molar-refractivity contribution in [3.63, 3.8) is 0 Å². The number of hydrogen-bond donors (Lipinski definition) is 1. The SMILES string of the molecule is Cc1coc(Sc2cccc(S(=O)(=O)N(C)C)c2N)n1. The zero-order chi connectivity index (χ0) is 14.9. The van der Waals surface area contributed by atoms with Crippen LogP contribution in [0.4, 0.5) is 5.69 Å². The first-order valence-corrected chi connectivity index (χ1v) is 7.99. The van der Waals surface area contributed by atoms with Gasteiger partial charge in [0.15, 0.2) is 0 Å². The molecule has 2 rings (SSSR count). The molecule has 20 heavy (non-hydrogen) atoms. The van der Waals surface area contributed by atoms with Crippen LogP contribution >= 0.6 is 11.8 Å². The summed E-state index contributed by atoms with van der Waals surface area (Å²) >= 11 is 1.19. The molecule has 1 aromatic heterocycles. The Morgan fingerprint density at radius 1 is 1.35 bits per heavy atom. The van der Waals surface area contributed by atoms with Crippen LogP contribution in [0.25, 0.3) is 0 Å². The first-order valence-electron chi connectivity index (χ1n) is 5.73. The predicted molar refractivity (Wildman–Crippen MR) is 77.1 cm³/mol. The van der Waals surface area contributed by atoms with Crippen molar-refractivity contribution in [2.75, 3.05) is 19.8 Å². The number of aryl methyl sites for hydroxylation is 1. The highest BCUT2D eigenvalue weighted by Gasteiger charge is 2.22. The summed E-state index contributed by atoms with van der Waals surface area (Å²) in [7, 11) is -0.645. The number of benzene rings is 1. The maximum Gasteiger partial charge on any atom is 0.260 e. The Kier molecular flexibility index (Phi) is 4.07. The molecule has 1 aromatic carbocycles. The lowest BCUT2D eigenvalue weighted by molar-refractivity contribution is 0.454. The van der Waals surface area contributed by atoms with Gasteiger partial charge in [-0.2, -0.15) is 0 Å². The third-order valence-electron chi connectivity index (χ3n) is 2.58. The van der Waals surface area contributed by atoms with E-state index >= 15 is 0 Å². The van der Waals surface area contributed by atoms with Gasteiger partial charge in [0, 0.05) is 19.0 Å². The Hall–Kier alpha value is -1.51. The summed E-state index contributed by atoms with van der Waals surface area (Å²) in [5, 5.41) is 0.425. The summed E-state index contributed by atoms with van der Waals surface area (Å²) < 4.78 is 30.7. The van der Waals surface area contributed by atoms with Crippen molar-refractivity contribution < 1.29 is 12.8 Å². The number of para-hydroxylation sites is 1. The van der Waals surface area contributed by atoms with Crippen molar-refractivity contribution in [3.05, 3.63) is 30.2 Å². The van der Waals surface area contributed by atoms with Crippen LogP contribution in [-0.4, -0.2) is 31.8 Å². The number of nitrogen functional groups attached to an aromatic ring is 1. The molecule has 2 N–H and O–H groups in total. The van der Waals surface area contributed by atoms with E-state index in [0.29, 0.717) is 10.1 Å². The second-order valence-corrected chi connectivity index (χ2v) is 7.43. The van der Waals surface area contributed by atoms with Crippen LogP contribution in [0, 0.1) is 6.92 Å². The molecule has 0 aliphatic rings. The van der Waals surface area contributed by atoms with Gasteiger partial charge < -0.3 is 10.2 Å². The average Bonchev–Trinajstić information content (AvgIpc) is 2.77. The standard InChI is InChI=1S/C12H15N3O3S2/c1-8-7-18-12(14-8)19-9-5-4-6-10(11(9)13)20(16,17)15(2)3/h4-7H,13H2,1-3H3. The molecule has 2 aromatic rings. The van der Waals surface area contributed by atoms with Crippen LogP contribution in [0.15, 0.2) is 43.9 Å². The third-order valence-corrected chi connectivity index (χ3v) is 5.39. The topological polar surface area (TPSA) is 89.4 Å². The second-order valence-electron chi connectivity index (χ2n) is 4.31. The number of oxazole rings is 1. The van der Waals surface area contributed by atoms with E-state index in [0.717, 1.165) is 10.00 Å². The van der Waals surface area contributed by atoms with E-state index in [-0.39, 0.29) is 10.6 Å². The summed E-state index contributed by atoms with van der Waals surface area (Å²) in [6.45, 7) is 1.81. The maximum absolute atomic E-state index is 12.2. The molecule has 0 spiro atoms. The van der Waals surface area contributed by atoms with Gasteiger partial charge in [-0.15, -0.1) is 0 Å². The van der Waals surface area contributed by atoms with Gasteiger partial charge >= 0.3 is 0 Å². The molecule has 0 aliphatic carbocycles. The van der Waals surface area contributed by atoms with Gasteiger partial charge in [-0.05, 0) is 30.8 Å². The minimum atomic E-state index is -3.57. The van der Waals surface area contributed by atoms with Crippen LogP contribution in [0.5, 0.6) is 0 Å². The zero-order valence-corrected chi connectivity index (χ0v) is 13.0. The van der Waals surface area contributed by atoms with Crippen molar-refractivity contribution in [3.8, 4) is 0 Å². The molecule has 0 amide bonds. The molecular formula is C12H15N3O3S2. The average molecular weight is 313 g/mol. The monoisotopic (exact) mass is 313 g/mol. The maximum atomic E-state index is 12.2. The Morgan fingerprint density at radius 3 is 2.60 bits per heavy atom. The van der Waals surface area contributed by atoms with Crippen LogP contribution in [0.1, 0.15) is 5.69 Å². The lowest BCUT2D eigenvalue weighted by Crippen LogP contribution is -2.23. The quantitative estimate of drug-likeness (QED) is 0.868. The van der Waals surface area contributed by atoms with E-state index in [1.807, 2.05) is 6.92 Å². The molecule has 0 saturated carbocycles. The summed E-state index contributed by atoms with van der Waals surface area (Å²) in [4.78, 5) is 4.83. The van der Waals surface area contributed by atoms with Gasteiger partial charge in [-0.3, -0.25) is 0 Å². The highest BCUT2D eigenvalue weighted by molar-refractivity contribution is 7.99. The lowest BCUT2D eigenvalue weighted by atomic mass is 10.3. The molecule has 0 saturated heterocycles. The fourth-order valence-corrected chi connectivity index (χ4v) is 3.44. The number of sulfonamides is 1. The molecule has 0 unspecified atom stereocenters. The minimum Gasteiger partial charge on any atom is -0.439 e. The summed E-state index contributed by atoms with van der Waals surface area (Å²) in [6, 6.07) is 4.86. The fourth-order valence-electron chi connectivity index (χ4n) is 1.51. The molecule has 0 fully saturated rings. The molecule has 0 atom stereocenters. The van der Waals surface area contributed by atoms with Gasteiger partial charge in [-0.1, -0.05) is 6.07 Å². The number of anilines is 1. The molecular weight excluding hydrogens is 298 g/mol. The normalized spacial score (nSPS) is 12.0. The van der Waals surface area contributed by atoms with Crippen LogP contribution in [0.3, 0.4) is 0 Å². The molecule has 1 heterocycles.